The zero-order valence-electron chi connectivity index (χ0n) is 10.3. The highest BCUT2D eigenvalue weighted by Crippen LogP contribution is 2.12. The molecule has 0 rings (SSSR count). The highest BCUT2D eigenvalue weighted by molar-refractivity contribution is 5.02. The average Bonchev–Trinajstić information content (AvgIpc) is 2.23. The van der Waals surface area contributed by atoms with Crippen molar-refractivity contribution in [1.82, 2.24) is 10.2 Å². The van der Waals surface area contributed by atoms with Gasteiger partial charge in [0.25, 0.3) is 6.43 Å². The maximum Gasteiger partial charge on any atom is 0.251 e. The number of halogens is 2. The number of nitrogens with one attached hydrogen (secondary N) is 1. The third-order valence-electron chi connectivity index (χ3n) is 2.71. The Morgan fingerprint density at radius 3 is 2.50 bits per heavy atom. The molecule has 1 N–H and O–H groups in total. The maximum absolute atomic E-state index is 12.0. The fourth-order valence-corrected chi connectivity index (χ4v) is 1.42. The molecule has 0 aliphatic carbocycles. The van der Waals surface area contributed by atoms with Crippen molar-refractivity contribution >= 4 is 0 Å². The molecule has 0 aliphatic rings. The van der Waals surface area contributed by atoms with E-state index in [4.69, 9.17) is 5.26 Å². The first-order valence-electron chi connectivity index (χ1n) is 5.50. The van der Waals surface area contributed by atoms with Gasteiger partial charge in [-0.25, -0.2) is 8.78 Å². The first-order valence-corrected chi connectivity index (χ1v) is 5.50. The Morgan fingerprint density at radius 2 is 2.06 bits per heavy atom. The van der Waals surface area contributed by atoms with Crippen molar-refractivity contribution in [2.75, 3.05) is 27.2 Å². The van der Waals surface area contributed by atoms with Gasteiger partial charge in [0, 0.05) is 0 Å². The van der Waals surface area contributed by atoms with Gasteiger partial charge in [-0.3, -0.25) is 0 Å². The lowest BCUT2D eigenvalue weighted by Crippen LogP contribution is -2.38. The summed E-state index contributed by atoms with van der Waals surface area (Å²) in [6.07, 6.45) is 0.162. The number of alkyl halides is 2. The van der Waals surface area contributed by atoms with Crippen molar-refractivity contribution in [1.29, 1.82) is 5.26 Å². The van der Waals surface area contributed by atoms with Crippen molar-refractivity contribution in [2.24, 2.45) is 0 Å². The Morgan fingerprint density at radius 1 is 1.44 bits per heavy atom. The van der Waals surface area contributed by atoms with Crippen LogP contribution in [0.2, 0.25) is 0 Å². The molecule has 0 saturated carbocycles. The highest BCUT2D eigenvalue weighted by Gasteiger charge is 2.20. The number of unbranched alkanes of at least 4 members (excludes halogenated alkanes) is 1. The van der Waals surface area contributed by atoms with Crippen LogP contribution in [0.3, 0.4) is 0 Å². The molecule has 16 heavy (non-hydrogen) atoms. The monoisotopic (exact) mass is 233 g/mol. The molecule has 0 spiro atoms. The number of nitrogens with zero attached hydrogens (tertiary/aromatic N) is 2. The van der Waals surface area contributed by atoms with E-state index in [9.17, 15) is 8.78 Å². The van der Waals surface area contributed by atoms with E-state index in [0.29, 0.717) is 6.54 Å². The number of hydrogen-bond donors (Lipinski definition) is 1. The quantitative estimate of drug-likeness (QED) is 0.650. The molecule has 0 heterocycles. The molecule has 1 atom stereocenters. The smallest absolute Gasteiger partial charge is 0.251 e. The molecule has 0 amide bonds. The molecule has 0 aromatic heterocycles. The number of rotatable bonds is 8. The summed E-state index contributed by atoms with van der Waals surface area (Å²) in [7, 11) is 3.44. The summed E-state index contributed by atoms with van der Waals surface area (Å²) in [6.45, 7) is 2.31. The van der Waals surface area contributed by atoms with E-state index < -0.39 is 12.0 Å². The lowest BCUT2D eigenvalue weighted by Gasteiger charge is -2.21. The van der Waals surface area contributed by atoms with Gasteiger partial charge in [-0.15, -0.1) is 0 Å². The molecule has 0 radical (unpaired) electrons. The molecule has 0 aromatic rings. The van der Waals surface area contributed by atoms with Crippen LogP contribution in [0, 0.1) is 11.3 Å². The van der Waals surface area contributed by atoms with E-state index in [-0.39, 0.29) is 6.54 Å². The van der Waals surface area contributed by atoms with E-state index in [1.807, 2.05) is 6.92 Å². The van der Waals surface area contributed by atoms with Crippen LogP contribution in [0.1, 0.15) is 26.2 Å². The lowest BCUT2D eigenvalue weighted by molar-refractivity contribution is 0.0994. The molecule has 0 bridgehead atoms. The average molecular weight is 233 g/mol. The van der Waals surface area contributed by atoms with Gasteiger partial charge in [0.15, 0.2) is 0 Å². The van der Waals surface area contributed by atoms with Crippen molar-refractivity contribution in [3.05, 3.63) is 0 Å². The second-order valence-corrected chi connectivity index (χ2v) is 4.30. The second kappa shape index (κ2) is 7.53. The number of hydrogen-bond acceptors (Lipinski definition) is 3. The summed E-state index contributed by atoms with van der Waals surface area (Å²) in [5, 5.41) is 11.8. The molecule has 3 nitrogen and oxygen atoms in total. The Bertz CT molecular complexity index is 228. The highest BCUT2D eigenvalue weighted by atomic mass is 19.3. The molecule has 0 fully saturated rings. The van der Waals surface area contributed by atoms with Crippen LogP contribution < -0.4 is 5.32 Å². The molecule has 0 aliphatic heterocycles. The SMILES string of the molecule is CNC(C)(C#N)CCCCN(C)CC(F)F. The summed E-state index contributed by atoms with van der Waals surface area (Å²) >= 11 is 0. The van der Waals surface area contributed by atoms with Crippen LogP contribution in [0.15, 0.2) is 0 Å². The van der Waals surface area contributed by atoms with Crippen LogP contribution in [-0.2, 0) is 0 Å². The zero-order valence-corrected chi connectivity index (χ0v) is 10.3. The predicted molar refractivity (Wildman–Crippen MR) is 60.4 cm³/mol. The van der Waals surface area contributed by atoms with Gasteiger partial charge in [0.2, 0.25) is 0 Å². The van der Waals surface area contributed by atoms with E-state index in [1.165, 1.54) is 0 Å². The Balaban J connectivity index is 3.64. The molecule has 0 saturated heterocycles. The summed E-state index contributed by atoms with van der Waals surface area (Å²) in [6, 6.07) is 2.20. The Kier molecular flexibility index (Phi) is 7.18. The normalized spacial score (nSPS) is 15.1. The minimum Gasteiger partial charge on any atom is -0.303 e. The van der Waals surface area contributed by atoms with Gasteiger partial charge in [-0.1, -0.05) is 0 Å². The van der Waals surface area contributed by atoms with E-state index in [2.05, 4.69) is 11.4 Å². The van der Waals surface area contributed by atoms with Crippen LogP contribution in [0.25, 0.3) is 0 Å². The molecular weight excluding hydrogens is 212 g/mol. The van der Waals surface area contributed by atoms with Gasteiger partial charge in [0.1, 0.15) is 5.54 Å². The van der Waals surface area contributed by atoms with E-state index in [0.717, 1.165) is 19.3 Å². The van der Waals surface area contributed by atoms with Crippen molar-refractivity contribution in [3.8, 4) is 6.07 Å². The van der Waals surface area contributed by atoms with Gasteiger partial charge >= 0.3 is 0 Å². The summed E-state index contributed by atoms with van der Waals surface area (Å²) < 4.78 is 24.0. The van der Waals surface area contributed by atoms with Gasteiger partial charge in [-0.2, -0.15) is 5.26 Å². The third kappa shape index (κ3) is 6.70. The Labute approximate surface area is 96.4 Å². The molecule has 5 heteroatoms. The topological polar surface area (TPSA) is 39.1 Å². The summed E-state index contributed by atoms with van der Waals surface area (Å²) in [5.41, 5.74) is -0.499. The Hall–Kier alpha value is -0.730. The van der Waals surface area contributed by atoms with Gasteiger partial charge in [-0.05, 0) is 46.8 Å². The van der Waals surface area contributed by atoms with Crippen LogP contribution >= 0.6 is 0 Å². The largest absolute Gasteiger partial charge is 0.303 e. The first kappa shape index (κ1) is 15.3. The molecular formula is C11H21F2N3. The van der Waals surface area contributed by atoms with Crippen LogP contribution in [0.5, 0.6) is 0 Å². The zero-order chi connectivity index (χ0) is 12.6. The van der Waals surface area contributed by atoms with Crippen molar-refractivity contribution < 1.29 is 8.78 Å². The van der Waals surface area contributed by atoms with E-state index in [1.54, 1.807) is 19.0 Å². The standard InChI is InChI=1S/C11H21F2N3/c1-11(9-14,15-2)6-4-5-7-16(3)8-10(12)13/h10,15H,4-8H2,1-3H3. The predicted octanol–water partition coefficient (Wildman–Crippen LogP) is 1.86. The molecule has 94 valence electrons. The third-order valence-corrected chi connectivity index (χ3v) is 2.71. The molecule has 0 aromatic carbocycles. The van der Waals surface area contributed by atoms with Gasteiger partial charge < -0.3 is 10.2 Å². The number of nitriles is 1. The first-order chi connectivity index (χ1) is 7.43. The van der Waals surface area contributed by atoms with Crippen molar-refractivity contribution in [3.63, 3.8) is 0 Å². The fraction of sp³-hybridized carbons (Fsp3) is 0.909. The maximum atomic E-state index is 12.0. The minimum atomic E-state index is -2.27. The fourth-order valence-electron chi connectivity index (χ4n) is 1.42. The summed E-state index contributed by atoms with van der Waals surface area (Å²) in [4.78, 5) is 1.62. The van der Waals surface area contributed by atoms with Crippen molar-refractivity contribution in [2.45, 2.75) is 38.2 Å². The summed E-state index contributed by atoms with van der Waals surface area (Å²) in [5.74, 6) is 0. The van der Waals surface area contributed by atoms with Gasteiger partial charge in [0.05, 0.1) is 12.6 Å². The lowest BCUT2D eigenvalue weighted by atomic mass is 9.97. The second-order valence-electron chi connectivity index (χ2n) is 4.30. The van der Waals surface area contributed by atoms with E-state index >= 15 is 0 Å². The minimum absolute atomic E-state index is 0.179. The van der Waals surface area contributed by atoms with Crippen LogP contribution in [0.4, 0.5) is 8.78 Å². The molecule has 1 unspecified atom stereocenters. The van der Waals surface area contributed by atoms with Crippen LogP contribution in [-0.4, -0.2) is 44.0 Å².